The Kier molecular flexibility index (Phi) is 6.72. The average Bonchev–Trinajstić information content (AvgIpc) is 3.40. The minimum Gasteiger partial charge on any atom is -0.350 e. The van der Waals surface area contributed by atoms with E-state index in [1.165, 1.54) is 31.1 Å². The Bertz CT molecular complexity index is 1430. The van der Waals surface area contributed by atoms with E-state index in [2.05, 4.69) is 31.0 Å². The van der Waals surface area contributed by atoms with Crippen molar-refractivity contribution in [3.63, 3.8) is 0 Å². The first-order valence-corrected chi connectivity index (χ1v) is 12.8. The van der Waals surface area contributed by atoms with Crippen molar-refractivity contribution in [2.75, 3.05) is 20.6 Å². The predicted octanol–water partition coefficient (Wildman–Crippen LogP) is -0.484. The van der Waals surface area contributed by atoms with E-state index in [4.69, 9.17) is 0 Å². The highest BCUT2D eigenvalue weighted by molar-refractivity contribution is 6.46. The van der Waals surface area contributed by atoms with Crippen LogP contribution in [0.4, 0.5) is 4.39 Å². The summed E-state index contributed by atoms with van der Waals surface area (Å²) in [6.45, 7) is 1.62. The molecule has 3 fully saturated rings. The number of likely N-dealkylation sites (N-methyl/N-ethyl adjacent to an activating group) is 1. The van der Waals surface area contributed by atoms with Crippen LogP contribution in [0.15, 0.2) is 29.4 Å². The quantitative estimate of drug-likeness (QED) is 0.332. The van der Waals surface area contributed by atoms with Gasteiger partial charge >= 0.3 is 11.8 Å². The van der Waals surface area contributed by atoms with Crippen molar-refractivity contribution >= 4 is 35.2 Å². The molecule has 210 valence electrons. The van der Waals surface area contributed by atoms with Crippen LogP contribution in [0.25, 0.3) is 0 Å². The molecule has 1 aliphatic carbocycles. The molecule has 3 N–H and O–H groups in total. The Labute approximate surface area is 228 Å². The molecule has 1 unspecified atom stereocenters. The number of hydrogen-bond donors (Lipinski definition) is 3. The van der Waals surface area contributed by atoms with Crippen LogP contribution in [0.3, 0.4) is 0 Å². The van der Waals surface area contributed by atoms with Crippen LogP contribution in [0.5, 0.6) is 0 Å². The van der Waals surface area contributed by atoms with Crippen molar-refractivity contribution in [3.05, 3.63) is 47.0 Å². The Morgan fingerprint density at radius 1 is 1.18 bits per heavy atom. The summed E-state index contributed by atoms with van der Waals surface area (Å²) in [6, 6.07) is 2.66. The smallest absolute Gasteiger partial charge is 0.311 e. The zero-order chi connectivity index (χ0) is 28.8. The minimum absolute atomic E-state index is 0.0129. The Balaban J connectivity index is 1.50. The lowest BCUT2D eigenvalue weighted by Gasteiger charge is -2.42. The highest BCUT2D eigenvalue weighted by Gasteiger charge is 2.59. The molecule has 13 nitrogen and oxygen atoms in total. The summed E-state index contributed by atoms with van der Waals surface area (Å²) >= 11 is 0. The van der Waals surface area contributed by atoms with Gasteiger partial charge in [0.1, 0.15) is 11.7 Å². The van der Waals surface area contributed by atoms with Crippen molar-refractivity contribution in [2.45, 2.75) is 56.1 Å². The average molecular weight is 553 g/mol. The summed E-state index contributed by atoms with van der Waals surface area (Å²) in [5.41, 5.74) is -0.338. The molecule has 2 bridgehead atoms. The lowest BCUT2D eigenvalue weighted by molar-refractivity contribution is -0.146. The molecule has 1 saturated carbocycles. The molecule has 3 aliphatic heterocycles. The first kappa shape index (κ1) is 27.1. The van der Waals surface area contributed by atoms with E-state index in [-0.39, 0.29) is 37.6 Å². The van der Waals surface area contributed by atoms with Gasteiger partial charge in [0.25, 0.3) is 17.6 Å². The number of amidine groups is 1. The van der Waals surface area contributed by atoms with Gasteiger partial charge in [0.15, 0.2) is 6.04 Å². The second-order valence-corrected chi connectivity index (χ2v) is 10.8. The van der Waals surface area contributed by atoms with Crippen LogP contribution in [-0.4, -0.2) is 92.7 Å². The number of carbonyl (C=O) groups is 5. The van der Waals surface area contributed by atoms with Crippen molar-refractivity contribution < 1.29 is 28.4 Å². The van der Waals surface area contributed by atoms with E-state index in [1.807, 2.05) is 0 Å². The number of fused-ring (bicyclic) bond motifs is 2. The molecule has 40 heavy (non-hydrogen) atoms. The lowest BCUT2D eigenvalue weighted by Crippen LogP contribution is -2.65. The third-order valence-electron chi connectivity index (χ3n) is 8.01. The Morgan fingerprint density at radius 3 is 2.52 bits per heavy atom. The number of aromatic nitrogens is 3. The second kappa shape index (κ2) is 9.92. The largest absolute Gasteiger partial charge is 0.350 e. The predicted molar refractivity (Wildman–Crippen MR) is 137 cm³/mol. The first-order chi connectivity index (χ1) is 19.0. The molecular formula is C26H29FN8O5. The molecule has 1 aromatic carbocycles. The van der Waals surface area contributed by atoms with Crippen molar-refractivity contribution in [1.29, 1.82) is 0 Å². The molecule has 6 rings (SSSR count). The zero-order valence-electron chi connectivity index (χ0n) is 22.3. The summed E-state index contributed by atoms with van der Waals surface area (Å²) in [4.78, 5) is 72.1. The number of H-pyrrole nitrogens is 1. The van der Waals surface area contributed by atoms with Gasteiger partial charge in [0.05, 0.1) is 17.4 Å². The van der Waals surface area contributed by atoms with Gasteiger partial charge < -0.3 is 15.5 Å². The first-order valence-electron chi connectivity index (χ1n) is 12.8. The number of aliphatic imine (C=N–C) groups is 1. The van der Waals surface area contributed by atoms with Gasteiger partial charge in [0, 0.05) is 32.6 Å². The molecule has 4 aliphatic rings. The monoisotopic (exact) mass is 552 g/mol. The normalized spacial score (nSPS) is 25.6. The number of aromatic amines is 1. The van der Waals surface area contributed by atoms with Crippen LogP contribution in [0, 0.1) is 12.7 Å². The number of nitrogens with zero attached hydrogens (tertiary/aromatic N) is 5. The van der Waals surface area contributed by atoms with E-state index in [0.29, 0.717) is 29.7 Å². The van der Waals surface area contributed by atoms with Crippen LogP contribution >= 0.6 is 0 Å². The maximum absolute atomic E-state index is 13.6. The maximum Gasteiger partial charge on any atom is 0.311 e. The number of Topliss-reactive ketones (excluding diaryl/α,β-unsaturated/α-hetero) is 1. The SMILES string of the molecule is Cc1cc(CNC(=O)C2N=C3N(CC4(c5cn[nH]n5)CCC3(NC(=O)C(=O)N(C)C)CC4)C(=O)C2=O)ccc1F. The number of nitrogens with one attached hydrogen (secondary N) is 3. The molecular weight excluding hydrogens is 523 g/mol. The molecule has 4 amide bonds. The third-order valence-corrected chi connectivity index (χ3v) is 8.01. The van der Waals surface area contributed by atoms with Gasteiger partial charge in [-0.15, -0.1) is 0 Å². The minimum atomic E-state index is -1.68. The highest BCUT2D eigenvalue weighted by atomic mass is 19.1. The number of aryl methyl sites for hydroxylation is 1. The van der Waals surface area contributed by atoms with Crippen LogP contribution in [-0.2, 0) is 35.9 Å². The molecule has 2 saturated heterocycles. The lowest BCUT2D eigenvalue weighted by atomic mass is 9.67. The Morgan fingerprint density at radius 2 is 1.90 bits per heavy atom. The summed E-state index contributed by atoms with van der Waals surface area (Å²) in [5, 5.41) is 16.1. The molecule has 0 radical (unpaired) electrons. The third kappa shape index (κ3) is 4.52. The van der Waals surface area contributed by atoms with Crippen LogP contribution in [0.2, 0.25) is 0 Å². The van der Waals surface area contributed by atoms with E-state index in [9.17, 15) is 28.4 Å². The summed E-state index contributed by atoms with van der Waals surface area (Å²) < 4.78 is 13.6. The summed E-state index contributed by atoms with van der Waals surface area (Å²) in [5.74, 6) is -4.75. The number of benzene rings is 1. The molecule has 1 atom stereocenters. The van der Waals surface area contributed by atoms with Gasteiger partial charge in [0.2, 0.25) is 0 Å². The van der Waals surface area contributed by atoms with Gasteiger partial charge in [-0.2, -0.15) is 15.4 Å². The molecule has 4 heterocycles. The fourth-order valence-corrected chi connectivity index (χ4v) is 5.69. The zero-order valence-corrected chi connectivity index (χ0v) is 22.3. The summed E-state index contributed by atoms with van der Waals surface area (Å²) in [6.07, 6.45) is 3.03. The van der Waals surface area contributed by atoms with E-state index >= 15 is 0 Å². The van der Waals surface area contributed by atoms with E-state index < -0.39 is 46.4 Å². The van der Waals surface area contributed by atoms with Crippen LogP contribution < -0.4 is 10.6 Å². The fourth-order valence-electron chi connectivity index (χ4n) is 5.69. The van der Waals surface area contributed by atoms with Crippen molar-refractivity contribution in [3.8, 4) is 0 Å². The number of hydrogen-bond acceptors (Lipinski definition) is 8. The highest BCUT2D eigenvalue weighted by Crippen LogP contribution is 2.48. The van der Waals surface area contributed by atoms with Crippen molar-refractivity contribution in [2.24, 2.45) is 4.99 Å². The number of rotatable bonds is 5. The van der Waals surface area contributed by atoms with Gasteiger partial charge in [-0.1, -0.05) is 12.1 Å². The standard InChI is InChI=1S/C26H29FN8O5/c1-14-10-15(4-5-16(14)27)11-28-20(37)18-19(36)22(39)35-13-25(17-12-29-33-32-17)6-8-26(9-7-25,24(35)30-18)31-21(38)23(40)34(2)3/h4-5,10,12,18H,6-9,11,13H2,1-3H3,(H,28,37)(H,31,38)(H,29,32,33). The van der Waals surface area contributed by atoms with Crippen molar-refractivity contribution in [1.82, 2.24) is 35.8 Å². The maximum atomic E-state index is 13.6. The number of halogens is 1. The summed E-state index contributed by atoms with van der Waals surface area (Å²) in [7, 11) is 2.89. The van der Waals surface area contributed by atoms with Gasteiger partial charge in [-0.25, -0.2) is 9.38 Å². The molecule has 2 aromatic rings. The van der Waals surface area contributed by atoms with Gasteiger partial charge in [-0.05, 0) is 49.8 Å². The second-order valence-electron chi connectivity index (χ2n) is 10.8. The van der Waals surface area contributed by atoms with E-state index in [1.54, 1.807) is 19.2 Å². The van der Waals surface area contributed by atoms with E-state index in [0.717, 1.165) is 4.90 Å². The fraction of sp³-hybridized carbons (Fsp3) is 0.462. The van der Waals surface area contributed by atoms with Gasteiger partial charge in [-0.3, -0.25) is 28.9 Å². The number of amides is 4. The molecule has 0 spiro atoms. The topological polar surface area (TPSA) is 170 Å². The molecule has 1 aromatic heterocycles. The molecule has 14 heteroatoms. The van der Waals surface area contributed by atoms with Crippen LogP contribution in [0.1, 0.15) is 42.5 Å². The number of carbonyl (C=O) groups excluding carboxylic acids is 5. The number of ketones is 1. The Hall–Kier alpha value is -4.49.